The average molecular weight is 327 g/mol. The Morgan fingerprint density at radius 1 is 1.23 bits per heavy atom. The van der Waals surface area contributed by atoms with E-state index in [1.807, 2.05) is 30.3 Å². The summed E-state index contributed by atoms with van der Waals surface area (Å²) in [6.07, 6.45) is 0.359. The first-order valence-corrected chi connectivity index (χ1v) is 8.55. The minimum Gasteiger partial charge on any atom is -0.356 e. The van der Waals surface area contributed by atoms with Gasteiger partial charge >= 0.3 is 0 Å². The largest absolute Gasteiger partial charge is 0.356 e. The van der Waals surface area contributed by atoms with Crippen LogP contribution in [0, 0.1) is 0 Å². The van der Waals surface area contributed by atoms with Gasteiger partial charge in [-0.2, -0.15) is 8.42 Å². The predicted octanol–water partition coefficient (Wildman–Crippen LogP) is 1.22. The van der Waals surface area contributed by atoms with E-state index in [0.29, 0.717) is 12.8 Å². The molecule has 6 nitrogen and oxygen atoms in total. The summed E-state index contributed by atoms with van der Waals surface area (Å²) in [7, 11) is -3.72. The van der Waals surface area contributed by atoms with Crippen molar-refractivity contribution in [3.8, 4) is 0 Å². The molecule has 1 aliphatic heterocycles. The average Bonchev–Trinajstić information content (AvgIpc) is 2.41. The molecule has 0 spiro atoms. The molecule has 122 valence electrons. The monoisotopic (exact) mass is 327 g/mol. The first-order chi connectivity index (χ1) is 10.3. The van der Waals surface area contributed by atoms with Crippen molar-refractivity contribution in [3.05, 3.63) is 35.9 Å². The topological polar surface area (TPSA) is 81.7 Å². The van der Waals surface area contributed by atoms with Crippen LogP contribution < -0.4 is 5.32 Å². The third kappa shape index (κ3) is 4.28. The summed E-state index contributed by atoms with van der Waals surface area (Å²) in [5.74, 6) is -0.0671. The van der Waals surface area contributed by atoms with Crippen molar-refractivity contribution in [3.63, 3.8) is 0 Å². The number of β-lactam (4-membered cyclic amide) rings is 1. The van der Waals surface area contributed by atoms with Gasteiger partial charge in [-0.25, -0.2) is 0 Å². The van der Waals surface area contributed by atoms with Crippen molar-refractivity contribution in [2.45, 2.75) is 37.7 Å². The zero-order valence-electron chi connectivity index (χ0n) is 12.7. The molecule has 0 aliphatic carbocycles. The van der Waals surface area contributed by atoms with Crippen molar-refractivity contribution in [2.24, 2.45) is 0 Å². The Hall–Kier alpha value is -1.44. The Bertz CT molecular complexity index is 604. The molecule has 1 aromatic carbocycles. The normalized spacial score (nSPS) is 18.6. The van der Waals surface area contributed by atoms with Crippen molar-refractivity contribution < 1.29 is 22.1 Å². The molecule has 1 atom stereocenters. The number of nitrogens with one attached hydrogen (secondary N) is 1. The van der Waals surface area contributed by atoms with Gasteiger partial charge in [-0.1, -0.05) is 30.3 Å². The molecule has 2 rings (SSSR count). The molecule has 1 N–H and O–H groups in total. The Balaban J connectivity index is 1.81. The Morgan fingerprint density at radius 2 is 1.86 bits per heavy atom. The molecule has 0 radical (unpaired) electrons. The smallest absolute Gasteiger partial charge is 0.272 e. The van der Waals surface area contributed by atoms with E-state index in [1.165, 1.54) is 0 Å². The molecule has 1 aromatic rings. The molecule has 7 heteroatoms. The van der Waals surface area contributed by atoms with Gasteiger partial charge < -0.3 is 10.1 Å². The lowest BCUT2D eigenvalue weighted by Gasteiger charge is -2.27. The van der Waals surface area contributed by atoms with Crippen LogP contribution in [0.25, 0.3) is 0 Å². The minimum absolute atomic E-state index is 0.0626. The van der Waals surface area contributed by atoms with Gasteiger partial charge in [-0.05, 0) is 25.8 Å². The number of rotatable bonds is 8. The van der Waals surface area contributed by atoms with Crippen LogP contribution in [0.1, 0.15) is 25.8 Å². The van der Waals surface area contributed by atoms with Gasteiger partial charge in [0.15, 0.2) is 0 Å². The fourth-order valence-corrected chi connectivity index (χ4v) is 3.05. The van der Waals surface area contributed by atoms with E-state index in [9.17, 15) is 13.2 Å². The maximum absolute atomic E-state index is 12.3. The highest BCUT2D eigenvalue weighted by atomic mass is 32.2. The maximum Gasteiger partial charge on any atom is 0.272 e. The minimum atomic E-state index is -3.72. The fraction of sp³-hybridized carbons (Fsp3) is 0.533. The van der Waals surface area contributed by atoms with E-state index in [-0.39, 0.29) is 25.3 Å². The number of amides is 1. The standard InChI is InChI=1S/C15H21NO5S/c1-15(2,11-12-6-4-3-5-7-12)22(18,19)21-9-8-20-14-10-13(17)16-14/h3-7,14H,8-11H2,1-2H3,(H,16,17). The van der Waals surface area contributed by atoms with Gasteiger partial charge in [0.2, 0.25) is 5.91 Å². The summed E-state index contributed by atoms with van der Waals surface area (Å²) in [6.45, 7) is 3.34. The highest BCUT2D eigenvalue weighted by Crippen LogP contribution is 2.23. The van der Waals surface area contributed by atoms with Gasteiger partial charge in [-0.15, -0.1) is 0 Å². The zero-order valence-corrected chi connectivity index (χ0v) is 13.6. The Morgan fingerprint density at radius 3 is 2.45 bits per heavy atom. The summed E-state index contributed by atoms with van der Waals surface area (Å²) in [5, 5.41) is 2.54. The lowest BCUT2D eigenvalue weighted by Crippen LogP contribution is -2.50. The van der Waals surface area contributed by atoms with Crippen molar-refractivity contribution >= 4 is 16.0 Å². The molecule has 1 heterocycles. The first kappa shape index (κ1) is 16.9. The van der Waals surface area contributed by atoms with Gasteiger partial charge in [0.1, 0.15) is 6.23 Å². The molecular formula is C15H21NO5S. The van der Waals surface area contributed by atoms with Crippen molar-refractivity contribution in [1.29, 1.82) is 0 Å². The van der Waals surface area contributed by atoms with Crippen LogP contribution in [0.2, 0.25) is 0 Å². The van der Waals surface area contributed by atoms with E-state index in [1.54, 1.807) is 13.8 Å². The number of hydrogen-bond donors (Lipinski definition) is 1. The third-order valence-corrected chi connectivity index (χ3v) is 5.46. The highest BCUT2D eigenvalue weighted by molar-refractivity contribution is 7.88. The molecule has 1 amide bonds. The molecule has 0 bridgehead atoms. The third-order valence-electron chi connectivity index (χ3n) is 3.48. The summed E-state index contributed by atoms with van der Waals surface area (Å²) >= 11 is 0. The fourth-order valence-electron chi connectivity index (χ4n) is 2.10. The van der Waals surface area contributed by atoms with Crippen LogP contribution in [0.5, 0.6) is 0 Å². The van der Waals surface area contributed by atoms with Gasteiger partial charge in [0, 0.05) is 0 Å². The second kappa shape index (κ2) is 6.76. The molecular weight excluding hydrogens is 306 g/mol. The van der Waals surface area contributed by atoms with Crippen LogP contribution in [0.4, 0.5) is 0 Å². The van der Waals surface area contributed by atoms with Crippen LogP contribution in [0.15, 0.2) is 30.3 Å². The van der Waals surface area contributed by atoms with E-state index < -0.39 is 14.9 Å². The summed E-state index contributed by atoms with van der Waals surface area (Å²) in [6, 6.07) is 9.41. The van der Waals surface area contributed by atoms with E-state index in [2.05, 4.69) is 5.32 Å². The zero-order chi connectivity index (χ0) is 16.2. The summed E-state index contributed by atoms with van der Waals surface area (Å²) < 4.78 is 33.9. The van der Waals surface area contributed by atoms with Gasteiger partial charge in [0.25, 0.3) is 10.1 Å². The van der Waals surface area contributed by atoms with Crippen LogP contribution in [-0.4, -0.2) is 38.5 Å². The molecule has 0 saturated carbocycles. The lowest BCUT2D eigenvalue weighted by atomic mass is 10.0. The number of carbonyl (C=O) groups is 1. The second-order valence-electron chi connectivity index (χ2n) is 5.83. The number of carbonyl (C=O) groups excluding carboxylic acids is 1. The number of hydrogen-bond acceptors (Lipinski definition) is 5. The predicted molar refractivity (Wildman–Crippen MR) is 81.6 cm³/mol. The molecule has 22 heavy (non-hydrogen) atoms. The quantitative estimate of drug-likeness (QED) is 0.441. The van der Waals surface area contributed by atoms with Crippen molar-refractivity contribution in [1.82, 2.24) is 5.32 Å². The molecule has 1 saturated heterocycles. The SMILES string of the molecule is CC(C)(Cc1ccccc1)S(=O)(=O)OCCOC1CC(=O)N1. The number of ether oxygens (including phenoxy) is 1. The molecule has 1 aliphatic rings. The second-order valence-corrected chi connectivity index (χ2v) is 8.08. The maximum atomic E-state index is 12.3. The van der Waals surface area contributed by atoms with E-state index in [0.717, 1.165) is 5.56 Å². The Labute approximate surface area is 130 Å². The van der Waals surface area contributed by atoms with Crippen LogP contribution in [-0.2, 0) is 30.3 Å². The lowest BCUT2D eigenvalue weighted by molar-refractivity contribution is -0.141. The molecule has 1 unspecified atom stereocenters. The summed E-state index contributed by atoms with van der Waals surface area (Å²) in [5.41, 5.74) is 0.938. The molecule has 0 aromatic heterocycles. The van der Waals surface area contributed by atoms with E-state index >= 15 is 0 Å². The summed E-state index contributed by atoms with van der Waals surface area (Å²) in [4.78, 5) is 10.7. The van der Waals surface area contributed by atoms with Crippen LogP contribution in [0.3, 0.4) is 0 Å². The van der Waals surface area contributed by atoms with Crippen molar-refractivity contribution in [2.75, 3.05) is 13.2 Å². The van der Waals surface area contributed by atoms with E-state index in [4.69, 9.17) is 8.92 Å². The number of benzene rings is 1. The highest BCUT2D eigenvalue weighted by Gasteiger charge is 2.35. The first-order valence-electron chi connectivity index (χ1n) is 7.14. The molecule has 1 fully saturated rings. The van der Waals surface area contributed by atoms with Crippen LogP contribution >= 0.6 is 0 Å². The Kier molecular flexibility index (Phi) is 5.20. The van der Waals surface area contributed by atoms with Gasteiger partial charge in [-0.3, -0.25) is 8.98 Å². The van der Waals surface area contributed by atoms with Gasteiger partial charge in [0.05, 0.1) is 24.4 Å².